The monoisotopic (exact) mass is 331 g/mol. The van der Waals surface area contributed by atoms with Crippen molar-refractivity contribution >= 4 is 29.2 Å². The van der Waals surface area contributed by atoms with Gasteiger partial charge in [-0.15, -0.1) is 0 Å². The molecular weight excluding hydrogens is 309 g/mol. The first-order chi connectivity index (χ1) is 10.2. The first-order valence-corrected chi connectivity index (χ1v) is 7.89. The van der Waals surface area contributed by atoms with Crippen molar-refractivity contribution in [3.8, 4) is 0 Å². The lowest BCUT2D eigenvalue weighted by Crippen LogP contribution is -2.37. The van der Waals surface area contributed by atoms with Crippen molar-refractivity contribution in [2.75, 3.05) is 26.8 Å². The van der Waals surface area contributed by atoms with Crippen LogP contribution in [0.15, 0.2) is 23.2 Å². The third-order valence-corrected chi connectivity index (χ3v) is 3.48. The first-order valence-electron chi connectivity index (χ1n) is 7.13. The Balaban J connectivity index is 2.28. The summed E-state index contributed by atoms with van der Waals surface area (Å²) in [5, 5.41) is 7.78. The Bertz CT molecular complexity index is 453. The molecular formula is C15H23Cl2N3O. The minimum atomic E-state index is 0.606. The Morgan fingerprint density at radius 1 is 1.24 bits per heavy atom. The maximum absolute atomic E-state index is 6.13. The van der Waals surface area contributed by atoms with Crippen LogP contribution in [0.3, 0.4) is 0 Å². The molecule has 6 heteroatoms. The molecule has 1 aromatic rings. The summed E-state index contributed by atoms with van der Waals surface area (Å²) in [5.74, 6) is 0.762. The maximum Gasteiger partial charge on any atom is 0.191 e. The number of halogens is 2. The lowest BCUT2D eigenvalue weighted by molar-refractivity contribution is 0.143. The fraction of sp³-hybridized carbons (Fsp3) is 0.533. The fourth-order valence-corrected chi connectivity index (χ4v) is 2.22. The molecule has 21 heavy (non-hydrogen) atoms. The van der Waals surface area contributed by atoms with Gasteiger partial charge < -0.3 is 15.4 Å². The van der Waals surface area contributed by atoms with Crippen LogP contribution >= 0.6 is 23.2 Å². The van der Waals surface area contributed by atoms with Crippen molar-refractivity contribution in [3.63, 3.8) is 0 Å². The summed E-state index contributed by atoms with van der Waals surface area (Å²) in [4.78, 5) is 4.18. The van der Waals surface area contributed by atoms with Crippen molar-refractivity contribution in [1.82, 2.24) is 10.6 Å². The molecule has 0 atom stereocenters. The number of nitrogens with one attached hydrogen (secondary N) is 2. The van der Waals surface area contributed by atoms with Gasteiger partial charge >= 0.3 is 0 Å². The second kappa shape index (κ2) is 10.7. The Labute approximate surface area is 136 Å². The Hall–Kier alpha value is -0.970. The van der Waals surface area contributed by atoms with Gasteiger partial charge in [-0.1, -0.05) is 29.3 Å². The molecule has 0 aromatic heterocycles. The zero-order chi connectivity index (χ0) is 15.5. The van der Waals surface area contributed by atoms with Gasteiger partial charge in [0.05, 0.1) is 0 Å². The SMILES string of the molecule is CCOCCCCNC(=NC)NCc1ccc(Cl)cc1Cl. The highest BCUT2D eigenvalue weighted by Gasteiger charge is 2.03. The zero-order valence-corrected chi connectivity index (χ0v) is 14.1. The molecule has 0 saturated heterocycles. The Morgan fingerprint density at radius 2 is 2.05 bits per heavy atom. The lowest BCUT2D eigenvalue weighted by Gasteiger charge is -2.12. The van der Waals surface area contributed by atoms with E-state index >= 15 is 0 Å². The molecule has 0 unspecified atom stereocenters. The predicted molar refractivity (Wildman–Crippen MR) is 90.4 cm³/mol. The van der Waals surface area contributed by atoms with E-state index in [1.165, 1.54) is 0 Å². The number of nitrogens with zero attached hydrogens (tertiary/aromatic N) is 1. The number of hydrogen-bond donors (Lipinski definition) is 2. The number of hydrogen-bond acceptors (Lipinski definition) is 2. The first kappa shape index (κ1) is 18.1. The van der Waals surface area contributed by atoms with Gasteiger partial charge in [0.2, 0.25) is 0 Å². The molecule has 4 nitrogen and oxygen atoms in total. The smallest absolute Gasteiger partial charge is 0.191 e. The van der Waals surface area contributed by atoms with Gasteiger partial charge in [-0.25, -0.2) is 0 Å². The van der Waals surface area contributed by atoms with Crippen molar-refractivity contribution in [3.05, 3.63) is 33.8 Å². The van der Waals surface area contributed by atoms with Crippen LogP contribution in [0.1, 0.15) is 25.3 Å². The summed E-state index contributed by atoms with van der Waals surface area (Å²) in [6.45, 7) is 5.06. The molecule has 0 aliphatic rings. The lowest BCUT2D eigenvalue weighted by atomic mass is 10.2. The molecule has 0 heterocycles. The highest BCUT2D eigenvalue weighted by atomic mass is 35.5. The van der Waals surface area contributed by atoms with Crippen molar-refractivity contribution in [2.24, 2.45) is 4.99 Å². The van der Waals surface area contributed by atoms with E-state index in [-0.39, 0.29) is 0 Å². The maximum atomic E-state index is 6.13. The van der Waals surface area contributed by atoms with E-state index in [4.69, 9.17) is 27.9 Å². The summed E-state index contributed by atoms with van der Waals surface area (Å²) in [5.41, 5.74) is 0.986. The van der Waals surface area contributed by atoms with Gasteiger partial charge in [0.25, 0.3) is 0 Å². The molecule has 1 rings (SSSR count). The van der Waals surface area contributed by atoms with Crippen molar-refractivity contribution in [2.45, 2.75) is 26.3 Å². The molecule has 0 bridgehead atoms. The van der Waals surface area contributed by atoms with E-state index in [9.17, 15) is 0 Å². The summed E-state index contributed by atoms with van der Waals surface area (Å²) >= 11 is 12.0. The van der Waals surface area contributed by atoms with Crippen LogP contribution in [0.5, 0.6) is 0 Å². The van der Waals surface area contributed by atoms with Crippen LogP contribution in [0, 0.1) is 0 Å². The van der Waals surface area contributed by atoms with Crippen LogP contribution in [-0.4, -0.2) is 32.8 Å². The molecule has 0 amide bonds. The number of guanidine groups is 1. The molecule has 0 aliphatic heterocycles. The number of unbranched alkanes of at least 4 members (excludes halogenated alkanes) is 1. The van der Waals surface area contributed by atoms with E-state index < -0.39 is 0 Å². The predicted octanol–water partition coefficient (Wildman–Crippen LogP) is 3.48. The standard InChI is InChI=1S/C15H23Cl2N3O/c1-3-21-9-5-4-8-19-15(18-2)20-11-12-6-7-13(16)10-14(12)17/h6-7,10H,3-5,8-9,11H2,1-2H3,(H2,18,19,20). The summed E-state index contributed by atoms with van der Waals surface area (Å²) < 4.78 is 5.30. The Kier molecular flexibility index (Phi) is 9.22. The van der Waals surface area contributed by atoms with Crippen molar-refractivity contribution in [1.29, 1.82) is 0 Å². The summed E-state index contributed by atoms with van der Waals surface area (Å²) in [7, 11) is 1.75. The molecule has 0 radical (unpaired) electrons. The molecule has 0 saturated carbocycles. The summed E-state index contributed by atoms with van der Waals surface area (Å²) in [6, 6.07) is 5.48. The topological polar surface area (TPSA) is 45.6 Å². The minimum Gasteiger partial charge on any atom is -0.382 e. The van der Waals surface area contributed by atoms with Crippen LogP contribution < -0.4 is 10.6 Å². The fourth-order valence-electron chi connectivity index (χ4n) is 1.74. The number of benzene rings is 1. The van der Waals surface area contributed by atoms with Crippen LogP contribution in [0.25, 0.3) is 0 Å². The van der Waals surface area contributed by atoms with Gasteiger partial charge in [-0.3, -0.25) is 4.99 Å². The highest BCUT2D eigenvalue weighted by molar-refractivity contribution is 6.35. The third kappa shape index (κ3) is 7.55. The van der Waals surface area contributed by atoms with Crippen LogP contribution in [0.2, 0.25) is 10.0 Å². The van der Waals surface area contributed by atoms with E-state index in [1.807, 2.05) is 19.1 Å². The highest BCUT2D eigenvalue weighted by Crippen LogP contribution is 2.20. The number of ether oxygens (including phenoxy) is 1. The normalized spacial score (nSPS) is 11.5. The average molecular weight is 332 g/mol. The summed E-state index contributed by atoms with van der Waals surface area (Å²) in [6.07, 6.45) is 2.09. The zero-order valence-electron chi connectivity index (χ0n) is 12.6. The molecule has 2 N–H and O–H groups in total. The van der Waals surface area contributed by atoms with Crippen LogP contribution in [-0.2, 0) is 11.3 Å². The van der Waals surface area contributed by atoms with E-state index in [1.54, 1.807) is 13.1 Å². The second-order valence-electron chi connectivity index (χ2n) is 4.49. The van der Waals surface area contributed by atoms with Crippen LogP contribution in [0.4, 0.5) is 0 Å². The van der Waals surface area contributed by atoms with Gasteiger partial charge in [0, 0.05) is 43.4 Å². The molecule has 0 spiro atoms. The number of rotatable bonds is 8. The molecule has 0 fully saturated rings. The van der Waals surface area contributed by atoms with Gasteiger partial charge in [-0.05, 0) is 37.5 Å². The van der Waals surface area contributed by atoms with Crippen molar-refractivity contribution < 1.29 is 4.74 Å². The number of aliphatic imine (C=N–C) groups is 1. The largest absolute Gasteiger partial charge is 0.382 e. The molecule has 118 valence electrons. The van der Waals surface area contributed by atoms with Gasteiger partial charge in [-0.2, -0.15) is 0 Å². The average Bonchev–Trinajstić information content (AvgIpc) is 2.47. The van der Waals surface area contributed by atoms with E-state index in [2.05, 4.69) is 15.6 Å². The van der Waals surface area contributed by atoms with E-state index in [0.717, 1.165) is 44.1 Å². The minimum absolute atomic E-state index is 0.606. The molecule has 0 aliphatic carbocycles. The Morgan fingerprint density at radius 3 is 2.71 bits per heavy atom. The van der Waals surface area contributed by atoms with Gasteiger partial charge in [0.1, 0.15) is 0 Å². The van der Waals surface area contributed by atoms with Gasteiger partial charge in [0.15, 0.2) is 5.96 Å². The second-order valence-corrected chi connectivity index (χ2v) is 5.34. The third-order valence-electron chi connectivity index (χ3n) is 2.90. The quantitative estimate of drug-likeness (QED) is 0.435. The van der Waals surface area contributed by atoms with E-state index in [0.29, 0.717) is 16.6 Å². The molecule has 1 aromatic carbocycles.